The number of aromatic nitrogens is 4. The summed E-state index contributed by atoms with van der Waals surface area (Å²) in [6.07, 6.45) is 43.9. The van der Waals surface area contributed by atoms with Crippen LogP contribution >= 0.6 is 0 Å². The van der Waals surface area contributed by atoms with Crippen LogP contribution in [-0.2, 0) is 34.1 Å². The molecule has 0 bridgehead atoms. The van der Waals surface area contributed by atoms with Gasteiger partial charge in [-0.05, 0) is 202 Å². The molecule has 0 amide bonds. The van der Waals surface area contributed by atoms with Crippen molar-refractivity contribution in [3.8, 4) is 0 Å². The molecule has 0 spiro atoms. The molecule has 5 aliphatic rings. The van der Waals surface area contributed by atoms with Gasteiger partial charge in [-0.25, -0.2) is 9.97 Å². The van der Waals surface area contributed by atoms with Crippen molar-refractivity contribution < 1.29 is 34.1 Å². The van der Waals surface area contributed by atoms with Gasteiger partial charge in [-0.1, -0.05) is 24.3 Å². The van der Waals surface area contributed by atoms with Gasteiger partial charge in [0.1, 0.15) is 0 Å². The maximum Gasteiger partial charge on any atom is 2.00 e. The summed E-state index contributed by atoms with van der Waals surface area (Å²) >= 11 is 0. The molecule has 0 unspecified atom stereocenters. The zero-order valence-electron chi connectivity index (χ0n) is 36.6. The number of rotatable bonds is 12. The van der Waals surface area contributed by atoms with Gasteiger partial charge in [0.15, 0.2) is 11.6 Å². The molecule has 1 saturated heterocycles. The van der Waals surface area contributed by atoms with Crippen molar-refractivity contribution in [1.82, 2.24) is 28.6 Å². The number of fused-ring (bicyclic) bond motifs is 6. The number of nitrogens with one attached hydrogen (secondary N) is 2. The molecule has 4 aromatic heterocycles. The van der Waals surface area contributed by atoms with Gasteiger partial charge in [-0.15, -0.1) is 0 Å². The first-order valence-electron chi connectivity index (χ1n) is 22.1. The van der Waals surface area contributed by atoms with Crippen LogP contribution < -0.4 is 10.6 Å². The van der Waals surface area contributed by atoms with E-state index in [9.17, 15) is 0 Å². The van der Waals surface area contributed by atoms with Crippen LogP contribution in [0, 0.1) is 141 Å². The van der Waals surface area contributed by atoms with Gasteiger partial charge < -0.3 is 29.2 Å². The molecule has 20 radical (unpaired) electrons. The molecule has 6 aromatic rings. The summed E-state index contributed by atoms with van der Waals surface area (Å²) in [5.74, 6) is 4.43. The van der Waals surface area contributed by atoms with Gasteiger partial charge in [-0.2, -0.15) is 0 Å². The van der Waals surface area contributed by atoms with E-state index in [2.05, 4.69) is 155 Å². The Hall–Kier alpha value is -3.10. The van der Waals surface area contributed by atoms with Crippen LogP contribution in [0.4, 0.5) is 11.6 Å². The Morgan fingerprint density at radius 1 is 0.469 bits per heavy atom. The number of aryl methyl sites for hydroxylation is 2. The first kappa shape index (κ1) is 48.8. The van der Waals surface area contributed by atoms with Crippen molar-refractivity contribution in [1.29, 1.82) is 0 Å². The maximum absolute atomic E-state index is 5.12. The number of para-hydroxylation sites is 4. The number of anilines is 2. The third-order valence-electron chi connectivity index (χ3n) is 12.0. The van der Waals surface area contributed by atoms with E-state index < -0.39 is 0 Å². The second-order valence-electron chi connectivity index (χ2n) is 16.2. The van der Waals surface area contributed by atoms with Crippen molar-refractivity contribution in [3.63, 3.8) is 0 Å². The Labute approximate surface area is 405 Å². The monoisotopic (exact) mass is 928 g/mol. The molecule has 5 heterocycles. The van der Waals surface area contributed by atoms with Gasteiger partial charge in [0.25, 0.3) is 0 Å². The number of nitrogens with zero attached hydrogens (tertiary/aromatic N) is 6. The molecule has 10 heteroatoms. The van der Waals surface area contributed by atoms with E-state index in [-0.39, 0.29) is 34.1 Å². The topological polar surface area (TPSA) is 65.1 Å². The molecular formula is C54H56Fe2N8+4. The predicted octanol–water partition coefficient (Wildman–Crippen LogP) is 9.37. The SMILES string of the molecule is Cc1cn2c(c(NCCCN3CCN(CCCNc4nc5ccccc5n5cc(C)c([C]6[CH][CH][CH][CH]6)c45)CC3)nc3ccccc32)c1[C]1[CH][CH][CH][CH]1.[CH]1[CH][CH][CH][CH]1.[CH]1[CH][CH][CH][CH]1.[Fe+2].[Fe+2]. The third-order valence-corrected chi connectivity index (χ3v) is 12.0. The summed E-state index contributed by atoms with van der Waals surface area (Å²) in [7, 11) is 0. The van der Waals surface area contributed by atoms with Crippen LogP contribution in [0.2, 0.25) is 0 Å². The van der Waals surface area contributed by atoms with Crippen LogP contribution in [0.25, 0.3) is 33.1 Å². The molecule has 2 aromatic carbocycles. The van der Waals surface area contributed by atoms with Gasteiger partial charge in [0.2, 0.25) is 0 Å². The minimum atomic E-state index is 0. The molecule has 4 aliphatic carbocycles. The maximum atomic E-state index is 5.12. The second-order valence-corrected chi connectivity index (χ2v) is 16.2. The largest absolute Gasteiger partial charge is 2.00 e. The van der Waals surface area contributed by atoms with E-state index in [4.69, 9.17) is 9.97 Å². The van der Waals surface area contributed by atoms with Crippen molar-refractivity contribution in [3.05, 3.63) is 211 Å². The van der Waals surface area contributed by atoms with Crippen LogP contribution in [0.15, 0.2) is 60.9 Å². The summed E-state index contributed by atoms with van der Waals surface area (Å²) in [6.45, 7) is 12.8. The number of piperazine rings is 1. The Bertz CT molecular complexity index is 2180. The Kier molecular flexibility index (Phi) is 18.4. The van der Waals surface area contributed by atoms with Crippen molar-refractivity contribution >= 4 is 44.7 Å². The van der Waals surface area contributed by atoms with Crippen molar-refractivity contribution in [2.45, 2.75) is 26.7 Å². The molecule has 0 atom stereocenters. The first-order valence-corrected chi connectivity index (χ1v) is 22.1. The molecule has 324 valence electrons. The summed E-state index contributed by atoms with van der Waals surface area (Å²) in [5.41, 5.74) is 11.7. The standard InChI is InChI=1S/C44H46N8.2C5H5.2Fe/c1-31-29-51-37-19-9-7-17-35(37)47-43(41(51)39(31)33-13-3-4-14-33)45-21-11-23-49-25-27-50(28-26-49)24-12-22-46-44-42-40(34-15-5-6-16-34)32(2)30-52(42)38-20-10-8-18-36(38)48-44;2*1-2-4-5-3-1;;/h3-10,13-20,29-30H,11-12,21-28H2,1-2H3,(H,45,47)(H,46,48);2*1-5H;;/q;;;2*+2. The smallest absolute Gasteiger partial charge is 0.368 e. The zero-order valence-corrected chi connectivity index (χ0v) is 38.8. The molecular weight excluding hydrogens is 872 g/mol. The Balaban J connectivity index is 0.000000452. The fraction of sp³-hybridized carbons (Fsp3) is 0.222. The second kappa shape index (κ2) is 24.1. The summed E-state index contributed by atoms with van der Waals surface area (Å²) in [4.78, 5) is 15.5. The van der Waals surface area contributed by atoms with E-state index in [1.54, 1.807) is 0 Å². The van der Waals surface area contributed by atoms with E-state index in [1.807, 2.05) is 64.2 Å². The van der Waals surface area contributed by atoms with Crippen LogP contribution in [0.1, 0.15) is 35.1 Å². The van der Waals surface area contributed by atoms with Crippen LogP contribution in [0.3, 0.4) is 0 Å². The predicted molar refractivity (Wildman–Crippen MR) is 256 cm³/mol. The van der Waals surface area contributed by atoms with Crippen molar-refractivity contribution in [2.75, 3.05) is 63.0 Å². The molecule has 64 heavy (non-hydrogen) atoms. The van der Waals surface area contributed by atoms with Crippen molar-refractivity contribution in [2.24, 2.45) is 0 Å². The minimum absolute atomic E-state index is 0. The fourth-order valence-corrected chi connectivity index (χ4v) is 8.93. The van der Waals surface area contributed by atoms with Crippen LogP contribution in [0.5, 0.6) is 0 Å². The average Bonchev–Trinajstić information content (AvgIpc) is 4.16. The Morgan fingerprint density at radius 3 is 1.17 bits per heavy atom. The van der Waals surface area contributed by atoms with E-state index in [0.717, 1.165) is 110 Å². The van der Waals surface area contributed by atoms with Gasteiger partial charge in [-0.3, -0.25) is 0 Å². The van der Waals surface area contributed by atoms with Gasteiger partial charge >= 0.3 is 34.1 Å². The molecule has 5 fully saturated rings. The first-order chi connectivity index (χ1) is 30.6. The summed E-state index contributed by atoms with van der Waals surface area (Å²) in [6, 6.07) is 16.9. The molecule has 11 rings (SSSR count). The summed E-state index contributed by atoms with van der Waals surface area (Å²) < 4.78 is 4.64. The quantitative estimate of drug-likeness (QED) is 0.0943. The number of benzene rings is 2. The van der Waals surface area contributed by atoms with Crippen LogP contribution in [-0.4, -0.2) is 80.9 Å². The van der Waals surface area contributed by atoms with E-state index >= 15 is 0 Å². The normalized spacial score (nSPS) is 18.5. The van der Waals surface area contributed by atoms with E-state index in [0.29, 0.717) is 0 Å². The van der Waals surface area contributed by atoms with Gasteiger partial charge in [0.05, 0.1) is 33.1 Å². The Morgan fingerprint density at radius 2 is 0.812 bits per heavy atom. The molecule has 2 N–H and O–H groups in total. The average molecular weight is 929 g/mol. The molecule has 8 nitrogen and oxygen atoms in total. The van der Waals surface area contributed by atoms with E-state index in [1.165, 1.54) is 34.1 Å². The molecule has 4 saturated carbocycles. The minimum Gasteiger partial charge on any atom is -0.368 e. The number of hydrogen-bond acceptors (Lipinski definition) is 6. The number of hydrogen-bond donors (Lipinski definition) is 2. The zero-order chi connectivity index (χ0) is 42.1. The van der Waals surface area contributed by atoms with Gasteiger partial charge in [0, 0.05) is 63.5 Å². The molecule has 1 aliphatic heterocycles. The summed E-state index contributed by atoms with van der Waals surface area (Å²) in [5, 5.41) is 7.48. The fourth-order valence-electron chi connectivity index (χ4n) is 8.93. The third kappa shape index (κ3) is 11.5.